The minimum absolute atomic E-state index is 0.712. The van der Waals surface area contributed by atoms with E-state index in [2.05, 4.69) is 46.0 Å². The third kappa shape index (κ3) is 3.91. The van der Waals surface area contributed by atoms with Crippen molar-refractivity contribution in [3.8, 4) is 5.75 Å². The number of hydrogen-bond donors (Lipinski definition) is 0. The quantitative estimate of drug-likeness (QED) is 0.604. The van der Waals surface area contributed by atoms with Gasteiger partial charge in [-0.3, -0.25) is 4.90 Å². The molecule has 5 rings (SSSR count). The van der Waals surface area contributed by atoms with E-state index >= 15 is 0 Å². The molecule has 0 N–H and O–H groups in total. The van der Waals surface area contributed by atoms with Crippen LogP contribution in [0.4, 0.5) is 5.82 Å². The van der Waals surface area contributed by atoms with Crippen molar-refractivity contribution in [2.24, 2.45) is 5.92 Å². The standard InChI is InChI=1S/C24H30N4OS/c1-3-29-19-7-5-18(6-8-19)15-27-10-12-28(13-11-27)23-22-20-14-17(2)4-9-21(20)30-24(22)26-16-25-23/h5-8,16-17H,3-4,9-15H2,1-2H3. The van der Waals surface area contributed by atoms with Gasteiger partial charge in [-0.15, -0.1) is 11.3 Å². The lowest BCUT2D eigenvalue weighted by atomic mass is 9.88. The summed E-state index contributed by atoms with van der Waals surface area (Å²) in [6.07, 6.45) is 5.43. The van der Waals surface area contributed by atoms with Gasteiger partial charge in [0.25, 0.3) is 0 Å². The van der Waals surface area contributed by atoms with E-state index in [0.717, 1.165) is 50.2 Å². The summed E-state index contributed by atoms with van der Waals surface area (Å²) in [5, 5.41) is 1.34. The van der Waals surface area contributed by atoms with Gasteiger partial charge in [-0.05, 0) is 55.4 Å². The largest absolute Gasteiger partial charge is 0.494 e. The lowest BCUT2D eigenvalue weighted by Crippen LogP contribution is -2.46. The molecule has 1 fully saturated rings. The Balaban J connectivity index is 1.29. The van der Waals surface area contributed by atoms with E-state index in [1.807, 2.05) is 18.3 Å². The van der Waals surface area contributed by atoms with Gasteiger partial charge in [-0.25, -0.2) is 9.97 Å². The van der Waals surface area contributed by atoms with Crippen LogP contribution in [0.2, 0.25) is 0 Å². The molecule has 3 aromatic rings. The Morgan fingerprint density at radius 3 is 2.67 bits per heavy atom. The van der Waals surface area contributed by atoms with Crippen molar-refractivity contribution < 1.29 is 4.74 Å². The van der Waals surface area contributed by atoms with Crippen LogP contribution in [0.5, 0.6) is 5.75 Å². The minimum Gasteiger partial charge on any atom is -0.494 e. The predicted molar refractivity (Wildman–Crippen MR) is 124 cm³/mol. The number of thiophene rings is 1. The summed E-state index contributed by atoms with van der Waals surface area (Å²) in [5.41, 5.74) is 2.87. The highest BCUT2D eigenvalue weighted by molar-refractivity contribution is 7.19. The van der Waals surface area contributed by atoms with Crippen molar-refractivity contribution >= 4 is 27.4 Å². The third-order valence-electron chi connectivity index (χ3n) is 6.38. The molecule has 5 nitrogen and oxygen atoms in total. The SMILES string of the molecule is CCOc1ccc(CN2CCN(c3ncnc4sc5c(c34)CC(C)CC5)CC2)cc1. The van der Waals surface area contributed by atoms with Gasteiger partial charge in [0, 0.05) is 37.6 Å². The Labute approximate surface area is 182 Å². The fourth-order valence-corrected chi connectivity index (χ4v) is 5.92. The Kier molecular flexibility index (Phi) is 5.61. The number of hydrogen-bond acceptors (Lipinski definition) is 6. The Bertz CT molecular complexity index is 1010. The number of anilines is 1. The molecule has 6 heteroatoms. The lowest BCUT2D eigenvalue weighted by Gasteiger charge is -2.36. The number of rotatable bonds is 5. The molecule has 30 heavy (non-hydrogen) atoms. The van der Waals surface area contributed by atoms with Gasteiger partial charge < -0.3 is 9.64 Å². The molecule has 0 saturated carbocycles. The van der Waals surface area contributed by atoms with E-state index in [9.17, 15) is 0 Å². The number of nitrogens with zero attached hydrogens (tertiary/aromatic N) is 4. The number of fused-ring (bicyclic) bond motifs is 3. The van der Waals surface area contributed by atoms with Crippen LogP contribution in [0, 0.1) is 5.92 Å². The molecule has 2 aliphatic rings. The molecule has 1 aliphatic carbocycles. The average molecular weight is 423 g/mol. The maximum atomic E-state index is 5.56. The fraction of sp³-hybridized carbons (Fsp3) is 0.500. The molecule has 1 atom stereocenters. The predicted octanol–water partition coefficient (Wildman–Crippen LogP) is 4.54. The lowest BCUT2D eigenvalue weighted by molar-refractivity contribution is 0.249. The zero-order valence-electron chi connectivity index (χ0n) is 17.9. The molecule has 2 aromatic heterocycles. The first-order chi connectivity index (χ1) is 14.7. The van der Waals surface area contributed by atoms with Gasteiger partial charge in [0.05, 0.1) is 12.0 Å². The van der Waals surface area contributed by atoms with Crippen molar-refractivity contribution in [1.82, 2.24) is 14.9 Å². The van der Waals surface area contributed by atoms with Crippen LogP contribution in [-0.4, -0.2) is 47.7 Å². The summed E-state index contributed by atoms with van der Waals surface area (Å²) < 4.78 is 5.56. The normalized spacial score (nSPS) is 19.8. The maximum absolute atomic E-state index is 5.56. The van der Waals surface area contributed by atoms with E-state index in [1.165, 1.54) is 40.6 Å². The van der Waals surface area contributed by atoms with Crippen molar-refractivity contribution in [3.63, 3.8) is 0 Å². The van der Waals surface area contributed by atoms with Crippen molar-refractivity contribution in [2.45, 2.75) is 39.7 Å². The number of aryl methyl sites for hydroxylation is 1. The van der Waals surface area contributed by atoms with E-state index < -0.39 is 0 Å². The topological polar surface area (TPSA) is 41.5 Å². The van der Waals surface area contributed by atoms with E-state index in [0.29, 0.717) is 6.61 Å². The molecule has 1 unspecified atom stereocenters. The Morgan fingerprint density at radius 2 is 1.90 bits per heavy atom. The number of benzene rings is 1. The summed E-state index contributed by atoms with van der Waals surface area (Å²) >= 11 is 1.89. The van der Waals surface area contributed by atoms with Gasteiger partial charge in [-0.1, -0.05) is 19.1 Å². The highest BCUT2D eigenvalue weighted by Gasteiger charge is 2.26. The first-order valence-corrected chi connectivity index (χ1v) is 12.0. The summed E-state index contributed by atoms with van der Waals surface area (Å²) in [6.45, 7) is 10.2. The Hall–Kier alpha value is -2.18. The van der Waals surface area contributed by atoms with Crippen molar-refractivity contribution in [3.05, 3.63) is 46.6 Å². The van der Waals surface area contributed by atoms with E-state index in [-0.39, 0.29) is 0 Å². The molecule has 1 aliphatic heterocycles. The number of piperazine rings is 1. The second-order valence-corrected chi connectivity index (χ2v) is 9.65. The molecular weight excluding hydrogens is 392 g/mol. The van der Waals surface area contributed by atoms with Crippen LogP contribution in [-0.2, 0) is 19.4 Å². The Morgan fingerprint density at radius 1 is 1.10 bits per heavy atom. The van der Waals surface area contributed by atoms with Gasteiger partial charge in [-0.2, -0.15) is 0 Å². The molecule has 0 radical (unpaired) electrons. The molecule has 1 aromatic carbocycles. The van der Waals surface area contributed by atoms with Crippen LogP contribution in [0.25, 0.3) is 10.2 Å². The first kappa shape index (κ1) is 19.8. The molecular formula is C24H30N4OS. The molecule has 1 saturated heterocycles. The summed E-state index contributed by atoms with van der Waals surface area (Å²) in [5.74, 6) is 2.87. The fourth-order valence-electron chi connectivity index (χ4n) is 4.74. The second kappa shape index (κ2) is 8.52. The van der Waals surface area contributed by atoms with Gasteiger partial charge in [0.1, 0.15) is 22.7 Å². The molecule has 0 bridgehead atoms. The van der Waals surface area contributed by atoms with Crippen LogP contribution >= 0.6 is 11.3 Å². The molecule has 0 amide bonds. The monoisotopic (exact) mass is 422 g/mol. The maximum Gasteiger partial charge on any atom is 0.141 e. The van der Waals surface area contributed by atoms with Crippen LogP contribution in [0.15, 0.2) is 30.6 Å². The number of aromatic nitrogens is 2. The zero-order chi connectivity index (χ0) is 20.5. The van der Waals surface area contributed by atoms with Crippen LogP contribution < -0.4 is 9.64 Å². The van der Waals surface area contributed by atoms with Crippen LogP contribution in [0.3, 0.4) is 0 Å². The summed E-state index contributed by atoms with van der Waals surface area (Å²) in [7, 11) is 0. The molecule has 158 valence electrons. The minimum atomic E-state index is 0.712. The van der Waals surface area contributed by atoms with Crippen molar-refractivity contribution in [1.29, 1.82) is 0 Å². The summed E-state index contributed by atoms with van der Waals surface area (Å²) in [6, 6.07) is 8.52. The van der Waals surface area contributed by atoms with Gasteiger partial charge in [0.15, 0.2) is 0 Å². The smallest absolute Gasteiger partial charge is 0.141 e. The highest BCUT2D eigenvalue weighted by Crippen LogP contribution is 2.40. The number of ether oxygens (including phenoxy) is 1. The average Bonchev–Trinajstić information content (AvgIpc) is 3.14. The summed E-state index contributed by atoms with van der Waals surface area (Å²) in [4.78, 5) is 17.1. The van der Waals surface area contributed by atoms with Gasteiger partial charge >= 0.3 is 0 Å². The molecule has 3 heterocycles. The third-order valence-corrected chi connectivity index (χ3v) is 7.58. The highest BCUT2D eigenvalue weighted by atomic mass is 32.1. The van der Waals surface area contributed by atoms with Crippen LogP contribution in [0.1, 0.15) is 36.3 Å². The second-order valence-electron chi connectivity index (χ2n) is 8.57. The van der Waals surface area contributed by atoms with E-state index in [1.54, 1.807) is 11.2 Å². The zero-order valence-corrected chi connectivity index (χ0v) is 18.7. The first-order valence-electron chi connectivity index (χ1n) is 11.2. The van der Waals surface area contributed by atoms with E-state index in [4.69, 9.17) is 9.72 Å². The molecule has 0 spiro atoms. The van der Waals surface area contributed by atoms with Crippen molar-refractivity contribution in [2.75, 3.05) is 37.7 Å². The van der Waals surface area contributed by atoms with Gasteiger partial charge in [0.2, 0.25) is 0 Å².